The van der Waals surface area contributed by atoms with E-state index in [1.165, 1.54) is 18.9 Å². The Morgan fingerprint density at radius 2 is 2.00 bits per heavy atom. The molecule has 1 aliphatic rings. The summed E-state index contributed by atoms with van der Waals surface area (Å²) in [5, 5.41) is 0. The van der Waals surface area contributed by atoms with E-state index in [1.54, 1.807) is 6.07 Å². The van der Waals surface area contributed by atoms with Crippen LogP contribution in [-0.2, 0) is 0 Å². The van der Waals surface area contributed by atoms with Crippen molar-refractivity contribution >= 4 is 5.69 Å². The van der Waals surface area contributed by atoms with Gasteiger partial charge in [0.15, 0.2) is 0 Å². The molecular weight excluding hydrogens is 215 g/mol. The monoisotopic (exact) mass is 236 g/mol. The average Bonchev–Trinajstić information content (AvgIpc) is 2.81. The third-order valence-corrected chi connectivity index (χ3v) is 3.73. The van der Waals surface area contributed by atoms with Crippen LogP contribution in [0.5, 0.6) is 0 Å². The highest BCUT2D eigenvalue weighted by Crippen LogP contribution is 2.33. The Bertz CT molecular complexity index is 384. The Morgan fingerprint density at radius 1 is 1.35 bits per heavy atom. The van der Waals surface area contributed by atoms with Crippen LogP contribution in [0.3, 0.4) is 0 Å². The lowest BCUT2D eigenvalue weighted by Gasteiger charge is -2.30. The predicted octanol–water partition coefficient (Wildman–Crippen LogP) is 3.22. The molecule has 0 aliphatic heterocycles. The molecule has 1 aromatic rings. The lowest BCUT2D eigenvalue weighted by Crippen LogP contribution is -2.31. The van der Waals surface area contributed by atoms with Crippen LogP contribution in [0.4, 0.5) is 10.1 Å². The largest absolute Gasteiger partial charge is 0.369 e. The number of hydrogen-bond acceptors (Lipinski definition) is 2. The SMILES string of the molecule is C[C@H](N)c1cccc(F)c1N(C)C1CCCC1. The number of benzene rings is 1. The highest BCUT2D eigenvalue weighted by Gasteiger charge is 2.24. The minimum absolute atomic E-state index is 0.135. The maximum absolute atomic E-state index is 14.0. The molecule has 0 unspecified atom stereocenters. The van der Waals surface area contributed by atoms with Gasteiger partial charge in [-0.3, -0.25) is 0 Å². The molecule has 0 saturated heterocycles. The quantitative estimate of drug-likeness (QED) is 0.873. The van der Waals surface area contributed by atoms with E-state index in [0.29, 0.717) is 11.7 Å². The van der Waals surface area contributed by atoms with Gasteiger partial charge in [-0.15, -0.1) is 0 Å². The highest BCUT2D eigenvalue weighted by molar-refractivity contribution is 5.56. The smallest absolute Gasteiger partial charge is 0.146 e. The second-order valence-corrected chi connectivity index (χ2v) is 5.02. The minimum Gasteiger partial charge on any atom is -0.369 e. The van der Waals surface area contributed by atoms with E-state index < -0.39 is 0 Å². The van der Waals surface area contributed by atoms with Crippen LogP contribution in [0.2, 0.25) is 0 Å². The van der Waals surface area contributed by atoms with Gasteiger partial charge in [0, 0.05) is 19.1 Å². The van der Waals surface area contributed by atoms with Crippen molar-refractivity contribution in [1.29, 1.82) is 0 Å². The molecule has 1 fully saturated rings. The summed E-state index contributed by atoms with van der Waals surface area (Å²) in [7, 11) is 1.99. The van der Waals surface area contributed by atoms with Crippen LogP contribution < -0.4 is 10.6 Å². The molecule has 17 heavy (non-hydrogen) atoms. The van der Waals surface area contributed by atoms with Crippen molar-refractivity contribution < 1.29 is 4.39 Å². The summed E-state index contributed by atoms with van der Waals surface area (Å²) < 4.78 is 14.0. The molecule has 2 nitrogen and oxygen atoms in total. The maximum Gasteiger partial charge on any atom is 0.146 e. The number of halogens is 1. The third kappa shape index (κ3) is 2.44. The second kappa shape index (κ2) is 5.05. The molecule has 0 aromatic heterocycles. The molecule has 1 aliphatic carbocycles. The van der Waals surface area contributed by atoms with Crippen molar-refractivity contribution in [2.45, 2.75) is 44.7 Å². The van der Waals surface area contributed by atoms with E-state index in [2.05, 4.69) is 4.90 Å². The summed E-state index contributed by atoms with van der Waals surface area (Å²) in [5.41, 5.74) is 7.52. The molecular formula is C14H21FN2. The number of para-hydroxylation sites is 1. The van der Waals surface area contributed by atoms with E-state index in [9.17, 15) is 4.39 Å². The van der Waals surface area contributed by atoms with Crippen LogP contribution in [0.15, 0.2) is 18.2 Å². The first-order valence-corrected chi connectivity index (χ1v) is 6.38. The van der Waals surface area contributed by atoms with Crippen molar-refractivity contribution in [3.8, 4) is 0 Å². The van der Waals surface area contributed by atoms with Crippen molar-refractivity contribution in [2.24, 2.45) is 5.73 Å². The molecule has 0 spiro atoms. The summed E-state index contributed by atoms with van der Waals surface area (Å²) in [5.74, 6) is -0.158. The van der Waals surface area contributed by atoms with E-state index in [0.717, 1.165) is 18.4 Å². The molecule has 2 rings (SSSR count). The highest BCUT2D eigenvalue weighted by atomic mass is 19.1. The normalized spacial score (nSPS) is 18.4. The number of nitrogens with two attached hydrogens (primary N) is 1. The summed E-state index contributed by atoms with van der Waals surface area (Å²) in [4.78, 5) is 2.08. The van der Waals surface area contributed by atoms with Gasteiger partial charge in [0.05, 0.1) is 5.69 Å². The summed E-state index contributed by atoms with van der Waals surface area (Å²) in [6.45, 7) is 1.90. The lowest BCUT2D eigenvalue weighted by molar-refractivity contribution is 0.588. The first-order valence-electron chi connectivity index (χ1n) is 6.38. The Labute approximate surface area is 103 Å². The zero-order chi connectivity index (χ0) is 12.4. The van der Waals surface area contributed by atoms with Crippen LogP contribution >= 0.6 is 0 Å². The van der Waals surface area contributed by atoms with Gasteiger partial charge in [0.2, 0.25) is 0 Å². The van der Waals surface area contributed by atoms with Gasteiger partial charge in [-0.2, -0.15) is 0 Å². The number of anilines is 1. The van der Waals surface area contributed by atoms with Crippen LogP contribution in [0, 0.1) is 5.82 Å². The van der Waals surface area contributed by atoms with Gasteiger partial charge in [-0.25, -0.2) is 4.39 Å². The Kier molecular flexibility index (Phi) is 3.67. The molecule has 1 aromatic carbocycles. The first-order chi connectivity index (χ1) is 8.11. The van der Waals surface area contributed by atoms with Crippen LogP contribution in [0.25, 0.3) is 0 Å². The number of rotatable bonds is 3. The second-order valence-electron chi connectivity index (χ2n) is 5.02. The third-order valence-electron chi connectivity index (χ3n) is 3.73. The lowest BCUT2D eigenvalue weighted by atomic mass is 10.0. The fourth-order valence-electron chi connectivity index (χ4n) is 2.75. The summed E-state index contributed by atoms with van der Waals surface area (Å²) in [6.07, 6.45) is 4.81. The zero-order valence-electron chi connectivity index (χ0n) is 10.6. The molecule has 0 bridgehead atoms. The minimum atomic E-state index is -0.158. The van der Waals surface area contributed by atoms with E-state index in [4.69, 9.17) is 5.73 Å². The van der Waals surface area contributed by atoms with Gasteiger partial charge in [0.1, 0.15) is 5.82 Å². The number of nitrogens with zero attached hydrogens (tertiary/aromatic N) is 1. The molecule has 0 heterocycles. The average molecular weight is 236 g/mol. The van der Waals surface area contributed by atoms with Gasteiger partial charge in [-0.1, -0.05) is 25.0 Å². The topological polar surface area (TPSA) is 29.3 Å². The van der Waals surface area contributed by atoms with E-state index in [1.807, 2.05) is 20.0 Å². The maximum atomic E-state index is 14.0. The van der Waals surface area contributed by atoms with E-state index >= 15 is 0 Å². The molecule has 3 heteroatoms. The van der Waals surface area contributed by atoms with Gasteiger partial charge < -0.3 is 10.6 Å². The molecule has 1 atom stereocenters. The van der Waals surface area contributed by atoms with Gasteiger partial charge in [0.25, 0.3) is 0 Å². The zero-order valence-corrected chi connectivity index (χ0v) is 10.6. The first kappa shape index (κ1) is 12.4. The summed E-state index contributed by atoms with van der Waals surface area (Å²) >= 11 is 0. The van der Waals surface area contributed by atoms with Crippen molar-refractivity contribution in [3.05, 3.63) is 29.6 Å². The predicted molar refractivity (Wildman–Crippen MR) is 69.7 cm³/mol. The van der Waals surface area contributed by atoms with Crippen molar-refractivity contribution in [2.75, 3.05) is 11.9 Å². The molecule has 0 amide bonds. The molecule has 0 radical (unpaired) electrons. The molecule has 1 saturated carbocycles. The van der Waals surface area contributed by atoms with Crippen molar-refractivity contribution in [1.82, 2.24) is 0 Å². The van der Waals surface area contributed by atoms with E-state index in [-0.39, 0.29) is 11.9 Å². The number of hydrogen-bond donors (Lipinski definition) is 1. The Balaban J connectivity index is 2.35. The fourth-order valence-corrected chi connectivity index (χ4v) is 2.75. The van der Waals surface area contributed by atoms with Crippen LogP contribution in [0.1, 0.15) is 44.2 Å². The molecule has 2 N–H and O–H groups in total. The van der Waals surface area contributed by atoms with Crippen LogP contribution in [-0.4, -0.2) is 13.1 Å². The van der Waals surface area contributed by atoms with Gasteiger partial charge >= 0.3 is 0 Å². The standard InChI is InChI=1S/C14H21FN2/c1-10(16)12-8-5-9-13(15)14(12)17(2)11-6-3-4-7-11/h5,8-11H,3-4,6-7,16H2,1-2H3/t10-/m0/s1. The van der Waals surface area contributed by atoms with Crippen molar-refractivity contribution in [3.63, 3.8) is 0 Å². The van der Waals surface area contributed by atoms with Gasteiger partial charge in [-0.05, 0) is 31.4 Å². The fraction of sp³-hybridized carbons (Fsp3) is 0.571. The Hall–Kier alpha value is -1.09. The molecule has 94 valence electrons. The Morgan fingerprint density at radius 3 is 2.59 bits per heavy atom. The summed E-state index contributed by atoms with van der Waals surface area (Å²) in [6, 6.07) is 5.51.